The number of ether oxygens (including phenoxy) is 1. The summed E-state index contributed by atoms with van der Waals surface area (Å²) in [6.07, 6.45) is 4.07. The third kappa shape index (κ3) is 4.43. The lowest BCUT2D eigenvalue weighted by molar-refractivity contribution is -0.126. The number of hydrogen-bond donors (Lipinski definition) is 1. The third-order valence-electron chi connectivity index (χ3n) is 4.01. The molecule has 0 radical (unpaired) electrons. The molecule has 2 atom stereocenters. The highest BCUT2D eigenvalue weighted by Crippen LogP contribution is 2.10. The van der Waals surface area contributed by atoms with Crippen LogP contribution < -0.4 is 5.32 Å². The average molecular weight is 328 g/mol. The Labute approximate surface area is 142 Å². The van der Waals surface area contributed by atoms with Crippen LogP contribution in [0, 0.1) is 0 Å². The lowest BCUT2D eigenvalue weighted by Gasteiger charge is -2.34. The van der Waals surface area contributed by atoms with Gasteiger partial charge in [0.2, 0.25) is 5.91 Å². The Morgan fingerprint density at radius 1 is 1.25 bits per heavy atom. The Kier molecular flexibility index (Phi) is 5.27. The highest BCUT2D eigenvalue weighted by Gasteiger charge is 2.23. The summed E-state index contributed by atoms with van der Waals surface area (Å²) >= 11 is 0. The van der Waals surface area contributed by atoms with E-state index in [4.69, 9.17) is 4.74 Å². The fourth-order valence-corrected chi connectivity index (χ4v) is 3.05. The van der Waals surface area contributed by atoms with Crippen LogP contribution in [0.1, 0.15) is 19.4 Å². The van der Waals surface area contributed by atoms with Crippen LogP contribution in [0.3, 0.4) is 0 Å². The van der Waals surface area contributed by atoms with Crippen molar-refractivity contribution in [2.75, 3.05) is 19.6 Å². The minimum Gasteiger partial charge on any atom is -0.373 e. The lowest BCUT2D eigenvalue weighted by atomic mass is 10.2. The van der Waals surface area contributed by atoms with E-state index in [1.54, 1.807) is 6.20 Å². The normalized spacial score (nSPS) is 21.6. The van der Waals surface area contributed by atoms with E-state index in [9.17, 15) is 4.79 Å². The molecule has 1 aromatic carbocycles. The molecule has 1 aliphatic rings. The van der Waals surface area contributed by atoms with E-state index < -0.39 is 0 Å². The van der Waals surface area contributed by atoms with E-state index in [0.29, 0.717) is 13.1 Å². The first-order valence-electron chi connectivity index (χ1n) is 8.33. The quantitative estimate of drug-likeness (QED) is 0.906. The molecule has 0 unspecified atom stereocenters. The topological polar surface area (TPSA) is 59.4 Å². The minimum absolute atomic E-state index is 0.0313. The zero-order valence-electron chi connectivity index (χ0n) is 14.2. The molecule has 6 heteroatoms. The van der Waals surface area contributed by atoms with Crippen molar-refractivity contribution in [3.63, 3.8) is 0 Å². The summed E-state index contributed by atoms with van der Waals surface area (Å²) in [5.74, 6) is 0.0313. The molecule has 1 saturated heterocycles. The van der Waals surface area contributed by atoms with E-state index in [0.717, 1.165) is 24.3 Å². The Hall–Kier alpha value is -2.18. The van der Waals surface area contributed by atoms with E-state index in [-0.39, 0.29) is 18.1 Å². The fraction of sp³-hybridized carbons (Fsp3) is 0.444. The summed E-state index contributed by atoms with van der Waals surface area (Å²) in [6.45, 7) is 6.57. The predicted molar refractivity (Wildman–Crippen MR) is 91.9 cm³/mol. The van der Waals surface area contributed by atoms with E-state index >= 15 is 0 Å². The number of rotatable bonds is 5. The molecule has 1 aliphatic heterocycles. The average Bonchev–Trinajstić information content (AvgIpc) is 3.02. The van der Waals surface area contributed by atoms with E-state index in [1.807, 2.05) is 55.1 Å². The molecule has 24 heavy (non-hydrogen) atoms. The molecule has 0 bridgehead atoms. The van der Waals surface area contributed by atoms with Crippen molar-refractivity contribution >= 4 is 5.91 Å². The molecular weight excluding hydrogens is 304 g/mol. The highest BCUT2D eigenvalue weighted by molar-refractivity contribution is 5.78. The van der Waals surface area contributed by atoms with Gasteiger partial charge in [-0.25, -0.2) is 4.68 Å². The molecule has 0 aliphatic carbocycles. The monoisotopic (exact) mass is 328 g/mol. The van der Waals surface area contributed by atoms with Crippen LogP contribution in [0.15, 0.2) is 42.7 Å². The first kappa shape index (κ1) is 16.7. The minimum atomic E-state index is 0.0313. The molecule has 1 amide bonds. The zero-order valence-corrected chi connectivity index (χ0v) is 14.2. The van der Waals surface area contributed by atoms with Gasteiger partial charge in [-0.05, 0) is 26.0 Å². The molecule has 1 fully saturated rings. The molecule has 6 nitrogen and oxygen atoms in total. The molecule has 128 valence electrons. The lowest BCUT2D eigenvalue weighted by Crippen LogP contribution is -2.49. The Morgan fingerprint density at radius 3 is 2.67 bits per heavy atom. The first-order valence-corrected chi connectivity index (χ1v) is 8.33. The number of nitrogens with zero attached hydrogens (tertiary/aromatic N) is 3. The van der Waals surface area contributed by atoms with Crippen LogP contribution in [0.2, 0.25) is 0 Å². The standard InChI is InChI=1S/C18H24N4O2/c1-14-10-21(11-15(2)24-14)13-18(23)19-8-16-9-20-22(12-16)17-6-4-3-5-7-17/h3-7,9,12,14-15H,8,10-11,13H2,1-2H3,(H,19,23)/t14-,15-/m1/s1. The maximum Gasteiger partial charge on any atom is 0.234 e. The van der Waals surface area contributed by atoms with Crippen molar-refractivity contribution in [3.8, 4) is 5.69 Å². The van der Waals surface area contributed by atoms with Crippen molar-refractivity contribution in [3.05, 3.63) is 48.3 Å². The molecule has 1 N–H and O–H groups in total. The maximum absolute atomic E-state index is 12.2. The van der Waals surface area contributed by atoms with Gasteiger partial charge in [0.15, 0.2) is 0 Å². The van der Waals surface area contributed by atoms with Crippen molar-refractivity contribution in [2.45, 2.75) is 32.6 Å². The third-order valence-corrected chi connectivity index (χ3v) is 4.01. The highest BCUT2D eigenvalue weighted by atomic mass is 16.5. The van der Waals surface area contributed by atoms with Gasteiger partial charge in [0.05, 0.1) is 30.6 Å². The zero-order chi connectivity index (χ0) is 16.9. The second-order valence-corrected chi connectivity index (χ2v) is 6.36. The van der Waals surface area contributed by atoms with Crippen molar-refractivity contribution in [1.82, 2.24) is 20.0 Å². The van der Waals surface area contributed by atoms with Crippen molar-refractivity contribution < 1.29 is 9.53 Å². The van der Waals surface area contributed by atoms with Crippen LogP contribution in [0.5, 0.6) is 0 Å². The van der Waals surface area contributed by atoms with Crippen LogP contribution in [0.25, 0.3) is 5.69 Å². The summed E-state index contributed by atoms with van der Waals surface area (Å²) in [6, 6.07) is 9.92. The van der Waals surface area contributed by atoms with Crippen molar-refractivity contribution in [1.29, 1.82) is 0 Å². The number of hydrogen-bond acceptors (Lipinski definition) is 4. The van der Waals surface area contributed by atoms with Crippen LogP contribution in [-0.4, -0.2) is 52.4 Å². The Bertz CT molecular complexity index is 661. The van der Waals surface area contributed by atoms with E-state index in [2.05, 4.69) is 15.3 Å². The van der Waals surface area contributed by atoms with Gasteiger partial charge in [-0.2, -0.15) is 5.10 Å². The molecule has 1 aromatic heterocycles. The second-order valence-electron chi connectivity index (χ2n) is 6.36. The number of nitrogens with one attached hydrogen (secondary N) is 1. The van der Waals surface area contributed by atoms with Crippen LogP contribution in [0.4, 0.5) is 0 Å². The summed E-state index contributed by atoms with van der Waals surface area (Å²) in [5, 5.41) is 7.30. The van der Waals surface area contributed by atoms with E-state index in [1.165, 1.54) is 0 Å². The fourth-order valence-electron chi connectivity index (χ4n) is 3.05. The number of carbonyl (C=O) groups is 1. The van der Waals surface area contributed by atoms with Gasteiger partial charge >= 0.3 is 0 Å². The summed E-state index contributed by atoms with van der Waals surface area (Å²) in [4.78, 5) is 14.3. The second kappa shape index (κ2) is 7.59. The molecule has 0 saturated carbocycles. The van der Waals surface area contributed by atoms with Crippen LogP contribution >= 0.6 is 0 Å². The van der Waals surface area contributed by atoms with Gasteiger partial charge in [0.25, 0.3) is 0 Å². The maximum atomic E-state index is 12.2. The number of aromatic nitrogens is 2. The van der Waals surface area contributed by atoms with Gasteiger partial charge in [-0.3, -0.25) is 9.69 Å². The number of benzene rings is 1. The molecule has 2 aromatic rings. The van der Waals surface area contributed by atoms with Gasteiger partial charge in [0.1, 0.15) is 0 Å². The number of morpholine rings is 1. The number of para-hydroxylation sites is 1. The predicted octanol–water partition coefficient (Wildman–Crippen LogP) is 1.60. The van der Waals surface area contributed by atoms with Gasteiger partial charge in [0, 0.05) is 31.4 Å². The number of amides is 1. The SMILES string of the molecule is C[C@@H]1CN(CC(=O)NCc2cnn(-c3ccccc3)c2)C[C@@H](C)O1. The summed E-state index contributed by atoms with van der Waals surface area (Å²) < 4.78 is 7.50. The summed E-state index contributed by atoms with van der Waals surface area (Å²) in [5.41, 5.74) is 1.99. The summed E-state index contributed by atoms with van der Waals surface area (Å²) in [7, 11) is 0. The first-order chi connectivity index (χ1) is 11.6. The number of carbonyl (C=O) groups excluding carboxylic acids is 1. The van der Waals surface area contributed by atoms with Gasteiger partial charge in [-0.1, -0.05) is 18.2 Å². The van der Waals surface area contributed by atoms with Crippen molar-refractivity contribution in [2.24, 2.45) is 0 Å². The molecule has 2 heterocycles. The smallest absolute Gasteiger partial charge is 0.234 e. The molecule has 0 spiro atoms. The molecular formula is C18H24N4O2. The van der Waals surface area contributed by atoms with Gasteiger partial charge in [-0.15, -0.1) is 0 Å². The largest absolute Gasteiger partial charge is 0.373 e. The Balaban J connectivity index is 1.49. The van der Waals surface area contributed by atoms with Crippen LogP contribution in [-0.2, 0) is 16.1 Å². The van der Waals surface area contributed by atoms with Gasteiger partial charge < -0.3 is 10.1 Å². The Morgan fingerprint density at radius 2 is 1.96 bits per heavy atom. The molecule has 3 rings (SSSR count).